The highest BCUT2D eigenvalue weighted by Crippen LogP contribution is 2.24. The number of carbonyl (C=O) groups excluding carboxylic acids is 2. The van der Waals surface area contributed by atoms with Gasteiger partial charge < -0.3 is 9.64 Å². The number of hydrogen-bond acceptors (Lipinski definition) is 5. The van der Waals surface area contributed by atoms with Crippen molar-refractivity contribution in [3.8, 4) is 16.9 Å². The van der Waals surface area contributed by atoms with Gasteiger partial charge in [-0.3, -0.25) is 19.8 Å². The van der Waals surface area contributed by atoms with Crippen LogP contribution in [0.1, 0.15) is 48.5 Å². The lowest BCUT2D eigenvalue weighted by molar-refractivity contribution is -0.129. The molecule has 0 radical (unpaired) electrons. The van der Waals surface area contributed by atoms with Gasteiger partial charge in [-0.05, 0) is 60.2 Å². The summed E-state index contributed by atoms with van der Waals surface area (Å²) in [6.07, 6.45) is 5.86. The van der Waals surface area contributed by atoms with Gasteiger partial charge >= 0.3 is 0 Å². The van der Waals surface area contributed by atoms with Gasteiger partial charge in [-0.25, -0.2) is 5.48 Å². The molecule has 2 N–H and O–H groups in total. The number of aromatic nitrogens is 1. The molecule has 0 saturated heterocycles. The van der Waals surface area contributed by atoms with E-state index in [-0.39, 0.29) is 18.9 Å². The molecule has 1 atom stereocenters. The number of ether oxygens (including phenoxy) is 1. The van der Waals surface area contributed by atoms with Crippen molar-refractivity contribution < 1.29 is 20.9 Å². The van der Waals surface area contributed by atoms with Crippen LogP contribution < -0.4 is 10.2 Å². The number of nitrogens with one attached hydrogen (secondary N) is 1. The fourth-order valence-corrected chi connectivity index (χ4v) is 4.15. The first-order valence-corrected chi connectivity index (χ1v) is 13.0. The maximum atomic E-state index is 13.8. The number of nitrogens with zero attached hydrogens (tertiary/aromatic N) is 2. The van der Waals surface area contributed by atoms with Crippen molar-refractivity contribution in [1.29, 1.82) is 0 Å². The zero-order valence-corrected chi connectivity index (χ0v) is 21.7. The lowest BCUT2D eigenvalue weighted by atomic mass is 10.0. The summed E-state index contributed by atoms with van der Waals surface area (Å²) in [5.41, 5.74) is 5.56. The van der Waals surface area contributed by atoms with Gasteiger partial charge in [0.1, 0.15) is 5.75 Å². The van der Waals surface area contributed by atoms with Crippen LogP contribution in [-0.2, 0) is 17.9 Å². The second-order valence-electron chi connectivity index (χ2n) is 9.10. The minimum Gasteiger partial charge on any atom is -0.493 e. The first-order chi connectivity index (χ1) is 19.6. The van der Waals surface area contributed by atoms with Gasteiger partial charge in [-0.15, -0.1) is 0 Å². The third kappa shape index (κ3) is 8.25. The molecule has 0 aliphatic heterocycles. The fraction of sp³-hybridized carbons (Fsp3) is 0.219. The predicted molar refractivity (Wildman–Crippen MR) is 150 cm³/mol. The van der Waals surface area contributed by atoms with Gasteiger partial charge in [-0.1, -0.05) is 66.7 Å². The summed E-state index contributed by atoms with van der Waals surface area (Å²) in [6, 6.07) is 28.1. The molecule has 39 heavy (non-hydrogen) atoms. The molecule has 7 nitrogen and oxygen atoms in total. The molecule has 4 rings (SSSR count). The predicted octanol–water partition coefficient (Wildman–Crippen LogP) is 6.04. The van der Waals surface area contributed by atoms with Crippen molar-refractivity contribution in [2.75, 3.05) is 6.61 Å². The molecule has 4 aromatic rings. The Bertz CT molecular complexity index is 1370. The van der Waals surface area contributed by atoms with E-state index in [2.05, 4.69) is 4.98 Å². The lowest BCUT2D eigenvalue weighted by Gasteiger charge is -2.24. The molecule has 0 fully saturated rings. The number of rotatable bonds is 13. The molecule has 0 aliphatic carbocycles. The van der Waals surface area contributed by atoms with E-state index >= 15 is 0 Å². The standard InChI is InChI=1S/C32H33N3O4/c36-31(34-38)15-5-2-8-21-39-30-14-7-6-12-29(30)24-35(23-25-10-3-1-4-11-25)32(37)27-18-16-26(17-19-27)28-13-9-20-33-22-28/h1,3-4,6-7,9-14,16-20,22,38H,2,5,8,15,21,23-24H2,(H,34,36)/i24D. The molecule has 1 heterocycles. The first kappa shape index (κ1) is 26.1. The van der Waals surface area contributed by atoms with Crippen molar-refractivity contribution in [3.05, 3.63) is 120 Å². The SMILES string of the molecule is [2H]C(c1ccccc1OCCCCCC(=O)NO)N(Cc1ccccc1)C(=O)c1ccc(-c2cccnc2)cc1. The molecule has 200 valence electrons. The lowest BCUT2D eigenvalue weighted by Crippen LogP contribution is -2.30. The third-order valence-corrected chi connectivity index (χ3v) is 6.23. The maximum Gasteiger partial charge on any atom is 0.254 e. The van der Waals surface area contributed by atoms with Crippen molar-refractivity contribution >= 4 is 11.8 Å². The van der Waals surface area contributed by atoms with Crippen LogP contribution in [0.5, 0.6) is 5.75 Å². The van der Waals surface area contributed by atoms with E-state index < -0.39 is 12.4 Å². The highest BCUT2D eigenvalue weighted by Gasteiger charge is 2.19. The average molecular weight is 525 g/mol. The molecule has 0 saturated carbocycles. The Morgan fingerprint density at radius 2 is 1.64 bits per heavy atom. The number of unbranched alkanes of at least 4 members (excludes halogenated alkanes) is 2. The number of benzene rings is 3. The highest BCUT2D eigenvalue weighted by atomic mass is 16.5. The number of para-hydroxylation sites is 1. The van der Waals surface area contributed by atoms with E-state index in [0.717, 1.165) is 23.1 Å². The number of hydrogen-bond donors (Lipinski definition) is 2. The Balaban J connectivity index is 1.51. The largest absolute Gasteiger partial charge is 0.493 e. The van der Waals surface area contributed by atoms with Crippen LogP contribution in [0.3, 0.4) is 0 Å². The Kier molecular flexibility index (Phi) is 9.68. The monoisotopic (exact) mass is 524 g/mol. The number of pyridine rings is 1. The quantitative estimate of drug-likeness (QED) is 0.126. The van der Waals surface area contributed by atoms with E-state index in [1.807, 2.05) is 78.9 Å². The van der Waals surface area contributed by atoms with Crippen molar-refractivity contribution in [2.24, 2.45) is 0 Å². The van der Waals surface area contributed by atoms with Crippen molar-refractivity contribution in [1.82, 2.24) is 15.4 Å². The van der Waals surface area contributed by atoms with E-state index in [1.165, 1.54) is 0 Å². The van der Waals surface area contributed by atoms with E-state index in [9.17, 15) is 11.0 Å². The van der Waals surface area contributed by atoms with Crippen molar-refractivity contribution in [2.45, 2.75) is 38.7 Å². The molecule has 0 aliphatic rings. The fourth-order valence-electron chi connectivity index (χ4n) is 4.15. The van der Waals surface area contributed by atoms with Crippen LogP contribution in [0.4, 0.5) is 0 Å². The van der Waals surface area contributed by atoms with Gasteiger partial charge in [0.25, 0.3) is 5.91 Å². The van der Waals surface area contributed by atoms with Gasteiger partial charge in [0.05, 0.1) is 7.98 Å². The van der Waals surface area contributed by atoms with Crippen LogP contribution in [0.25, 0.3) is 11.1 Å². The zero-order chi connectivity index (χ0) is 28.2. The van der Waals surface area contributed by atoms with Crippen LogP contribution >= 0.6 is 0 Å². The smallest absolute Gasteiger partial charge is 0.254 e. The van der Waals surface area contributed by atoms with E-state index in [0.29, 0.717) is 36.3 Å². The molecule has 3 aromatic carbocycles. The zero-order valence-electron chi connectivity index (χ0n) is 22.7. The van der Waals surface area contributed by atoms with Gasteiger partial charge in [0, 0.05) is 43.0 Å². The summed E-state index contributed by atoms with van der Waals surface area (Å²) < 4.78 is 15.2. The van der Waals surface area contributed by atoms with Crippen LogP contribution in [0.15, 0.2) is 103 Å². The number of amides is 2. The van der Waals surface area contributed by atoms with E-state index in [4.69, 9.17) is 9.94 Å². The summed E-state index contributed by atoms with van der Waals surface area (Å²) in [5, 5.41) is 8.61. The Labute approximate surface area is 230 Å². The number of carbonyl (C=O) groups is 2. The third-order valence-electron chi connectivity index (χ3n) is 6.23. The number of hydroxylamine groups is 1. The Morgan fingerprint density at radius 1 is 0.872 bits per heavy atom. The van der Waals surface area contributed by atoms with Gasteiger partial charge in [0.15, 0.2) is 0 Å². The molecule has 2 amide bonds. The molecule has 1 aromatic heterocycles. The van der Waals surface area contributed by atoms with Crippen LogP contribution in [-0.4, -0.2) is 33.5 Å². The van der Waals surface area contributed by atoms with Crippen LogP contribution in [0, 0.1) is 0 Å². The second-order valence-corrected chi connectivity index (χ2v) is 9.10. The Hall–Kier alpha value is -4.49. The van der Waals surface area contributed by atoms with Gasteiger partial charge in [-0.2, -0.15) is 0 Å². The minimum absolute atomic E-state index is 0.251. The average Bonchev–Trinajstić information content (AvgIpc) is 3.02. The summed E-state index contributed by atoms with van der Waals surface area (Å²) in [5.74, 6) is -0.106. The summed E-state index contributed by atoms with van der Waals surface area (Å²) in [7, 11) is 0. The molecule has 7 heteroatoms. The van der Waals surface area contributed by atoms with Gasteiger partial charge in [0.2, 0.25) is 5.91 Å². The summed E-state index contributed by atoms with van der Waals surface area (Å²) >= 11 is 0. The summed E-state index contributed by atoms with van der Waals surface area (Å²) in [4.78, 5) is 30.7. The Morgan fingerprint density at radius 3 is 2.38 bits per heavy atom. The second kappa shape index (κ2) is 14.4. The summed E-state index contributed by atoms with van der Waals surface area (Å²) in [6.45, 7) is -0.332. The maximum absolute atomic E-state index is 13.8. The minimum atomic E-state index is -1.00. The first-order valence-electron chi connectivity index (χ1n) is 13.6. The van der Waals surface area contributed by atoms with Crippen molar-refractivity contribution in [3.63, 3.8) is 0 Å². The normalized spacial score (nSPS) is 11.8. The van der Waals surface area contributed by atoms with E-state index in [1.54, 1.807) is 34.9 Å². The molecule has 0 spiro atoms. The molecule has 0 bridgehead atoms. The molecular weight excluding hydrogens is 490 g/mol. The highest BCUT2D eigenvalue weighted by molar-refractivity contribution is 5.94. The molecular formula is C32H33N3O4. The van der Waals surface area contributed by atoms with Crippen LogP contribution in [0.2, 0.25) is 0 Å². The topological polar surface area (TPSA) is 91.8 Å². The molecule has 1 unspecified atom stereocenters.